The zero-order valence-electron chi connectivity index (χ0n) is 9.45. The Balaban J connectivity index is 2.91. The van der Waals surface area contributed by atoms with E-state index in [1.54, 1.807) is 0 Å². The molecule has 1 fully saturated rings. The molecule has 2 atom stereocenters. The number of rotatable bonds is 2. The molecule has 1 amide bonds. The molecule has 0 bridgehead atoms. The van der Waals surface area contributed by atoms with E-state index in [-0.39, 0.29) is 11.8 Å². The largest absolute Gasteiger partial charge is 0.323 e. The van der Waals surface area contributed by atoms with Crippen LogP contribution in [-0.2, 0) is 14.4 Å². The lowest BCUT2D eigenvalue weighted by atomic mass is 9.93. The van der Waals surface area contributed by atoms with Crippen molar-refractivity contribution in [1.29, 1.82) is 0 Å². The van der Waals surface area contributed by atoms with Gasteiger partial charge in [0.1, 0.15) is 0 Å². The van der Waals surface area contributed by atoms with E-state index in [4.69, 9.17) is 0 Å². The topological polar surface area (TPSA) is 54.5 Å². The molecule has 0 aromatic carbocycles. The van der Waals surface area contributed by atoms with Crippen molar-refractivity contribution >= 4 is 17.5 Å². The first-order chi connectivity index (χ1) is 6.95. The summed E-state index contributed by atoms with van der Waals surface area (Å²) in [6, 6.07) is -0.408. The van der Waals surface area contributed by atoms with Crippen LogP contribution in [0.25, 0.3) is 0 Å². The predicted octanol–water partition coefficient (Wildman–Crippen LogP) is 0.934. The molecule has 4 nitrogen and oxygen atoms in total. The van der Waals surface area contributed by atoms with Gasteiger partial charge in [0.2, 0.25) is 5.78 Å². The van der Waals surface area contributed by atoms with E-state index >= 15 is 0 Å². The molecular formula is C11H17NO3. The van der Waals surface area contributed by atoms with Crippen LogP contribution in [0.3, 0.4) is 0 Å². The fourth-order valence-electron chi connectivity index (χ4n) is 2.11. The number of piperidine rings is 1. The predicted molar refractivity (Wildman–Crippen MR) is 55.3 cm³/mol. The van der Waals surface area contributed by atoms with Crippen molar-refractivity contribution in [2.45, 2.75) is 52.1 Å². The fraction of sp³-hybridized carbons (Fsp3) is 0.727. The van der Waals surface area contributed by atoms with Crippen LogP contribution in [0.2, 0.25) is 0 Å². The summed E-state index contributed by atoms with van der Waals surface area (Å²) in [5, 5.41) is 0. The summed E-state index contributed by atoms with van der Waals surface area (Å²) in [5.74, 6) is -1.05. The van der Waals surface area contributed by atoms with Gasteiger partial charge in [-0.05, 0) is 33.1 Å². The average molecular weight is 211 g/mol. The number of Topliss-reactive ketones (excluding diaryl/α,β-unsaturated/α-hetero) is 2. The van der Waals surface area contributed by atoms with Gasteiger partial charge in [0, 0.05) is 13.0 Å². The van der Waals surface area contributed by atoms with E-state index in [1.807, 2.05) is 6.92 Å². The first kappa shape index (κ1) is 11.9. The molecule has 0 aromatic rings. The SMILES string of the molecule is CC(=O)C(=O)N1C(C)CCCC1C(C)=O. The molecule has 0 aliphatic carbocycles. The summed E-state index contributed by atoms with van der Waals surface area (Å²) in [7, 11) is 0. The Kier molecular flexibility index (Phi) is 3.61. The van der Waals surface area contributed by atoms with Crippen molar-refractivity contribution in [2.24, 2.45) is 0 Å². The summed E-state index contributed by atoms with van der Waals surface area (Å²) in [4.78, 5) is 35.5. The van der Waals surface area contributed by atoms with Crippen LogP contribution in [-0.4, -0.2) is 34.5 Å². The van der Waals surface area contributed by atoms with E-state index in [9.17, 15) is 14.4 Å². The number of carbonyl (C=O) groups excluding carboxylic acids is 3. The minimum atomic E-state index is -0.526. The summed E-state index contributed by atoms with van der Waals surface area (Å²) < 4.78 is 0. The zero-order valence-corrected chi connectivity index (χ0v) is 9.45. The van der Waals surface area contributed by atoms with Crippen LogP contribution >= 0.6 is 0 Å². The van der Waals surface area contributed by atoms with Gasteiger partial charge in [-0.1, -0.05) is 0 Å². The second-order valence-corrected chi connectivity index (χ2v) is 4.17. The average Bonchev–Trinajstić information content (AvgIpc) is 2.16. The van der Waals surface area contributed by atoms with Crippen molar-refractivity contribution in [2.75, 3.05) is 0 Å². The molecule has 15 heavy (non-hydrogen) atoms. The maximum absolute atomic E-state index is 11.6. The van der Waals surface area contributed by atoms with Gasteiger partial charge >= 0.3 is 0 Å². The first-order valence-electron chi connectivity index (χ1n) is 5.28. The third-order valence-electron chi connectivity index (χ3n) is 2.92. The maximum atomic E-state index is 11.6. The molecule has 1 aliphatic rings. The van der Waals surface area contributed by atoms with Crippen molar-refractivity contribution in [3.8, 4) is 0 Å². The minimum absolute atomic E-state index is 0.0101. The standard InChI is InChI=1S/C11H17NO3/c1-7-5-4-6-10(8(2)13)12(7)11(15)9(3)14/h7,10H,4-6H2,1-3H3. The Labute approximate surface area is 89.6 Å². The lowest BCUT2D eigenvalue weighted by molar-refractivity contribution is -0.150. The number of hydrogen-bond donors (Lipinski definition) is 0. The zero-order chi connectivity index (χ0) is 11.6. The van der Waals surface area contributed by atoms with Crippen molar-refractivity contribution in [1.82, 2.24) is 4.90 Å². The molecule has 1 saturated heterocycles. The van der Waals surface area contributed by atoms with Crippen molar-refractivity contribution in [3.63, 3.8) is 0 Å². The monoisotopic (exact) mass is 211 g/mol. The van der Waals surface area contributed by atoms with E-state index in [2.05, 4.69) is 0 Å². The van der Waals surface area contributed by atoms with Crippen LogP contribution in [0.15, 0.2) is 0 Å². The smallest absolute Gasteiger partial charge is 0.290 e. The van der Waals surface area contributed by atoms with E-state index < -0.39 is 17.7 Å². The quantitative estimate of drug-likeness (QED) is 0.638. The highest BCUT2D eigenvalue weighted by Crippen LogP contribution is 2.23. The second-order valence-electron chi connectivity index (χ2n) is 4.17. The highest BCUT2D eigenvalue weighted by Gasteiger charge is 2.35. The van der Waals surface area contributed by atoms with Gasteiger partial charge in [-0.25, -0.2) is 0 Å². The maximum Gasteiger partial charge on any atom is 0.290 e. The summed E-state index contributed by atoms with van der Waals surface area (Å²) in [6.07, 6.45) is 2.48. The molecular weight excluding hydrogens is 194 g/mol. The Morgan fingerprint density at radius 2 is 1.73 bits per heavy atom. The molecule has 0 N–H and O–H groups in total. The normalized spacial score (nSPS) is 26.2. The molecule has 84 valence electrons. The number of amides is 1. The fourth-order valence-corrected chi connectivity index (χ4v) is 2.11. The highest BCUT2D eigenvalue weighted by atomic mass is 16.2. The number of likely N-dealkylation sites (tertiary alicyclic amines) is 1. The highest BCUT2D eigenvalue weighted by molar-refractivity contribution is 6.35. The van der Waals surface area contributed by atoms with Gasteiger partial charge in [-0.2, -0.15) is 0 Å². The molecule has 0 spiro atoms. The molecule has 0 radical (unpaired) electrons. The third kappa shape index (κ3) is 2.43. The van der Waals surface area contributed by atoms with Crippen molar-refractivity contribution < 1.29 is 14.4 Å². The molecule has 4 heteroatoms. The van der Waals surface area contributed by atoms with Crippen LogP contribution in [0.5, 0.6) is 0 Å². The molecule has 0 aromatic heterocycles. The Hall–Kier alpha value is -1.19. The van der Waals surface area contributed by atoms with Gasteiger partial charge in [-0.3, -0.25) is 14.4 Å². The lowest BCUT2D eigenvalue weighted by Gasteiger charge is -2.38. The second kappa shape index (κ2) is 4.55. The van der Waals surface area contributed by atoms with E-state index in [0.717, 1.165) is 12.8 Å². The molecule has 0 saturated carbocycles. The summed E-state index contributed by atoms with van der Waals surface area (Å²) >= 11 is 0. The Bertz CT molecular complexity index is 298. The Morgan fingerprint density at radius 1 is 1.13 bits per heavy atom. The molecule has 1 rings (SSSR count). The van der Waals surface area contributed by atoms with Crippen LogP contribution in [0.4, 0.5) is 0 Å². The minimum Gasteiger partial charge on any atom is -0.323 e. The van der Waals surface area contributed by atoms with Gasteiger partial charge in [0.15, 0.2) is 5.78 Å². The van der Waals surface area contributed by atoms with E-state index in [0.29, 0.717) is 6.42 Å². The van der Waals surface area contributed by atoms with Crippen LogP contribution in [0, 0.1) is 0 Å². The number of nitrogens with zero attached hydrogens (tertiary/aromatic N) is 1. The molecule has 1 aliphatic heterocycles. The van der Waals surface area contributed by atoms with Crippen molar-refractivity contribution in [3.05, 3.63) is 0 Å². The Morgan fingerprint density at radius 3 is 2.20 bits per heavy atom. The van der Waals surface area contributed by atoms with Gasteiger partial charge in [0.05, 0.1) is 6.04 Å². The number of hydrogen-bond acceptors (Lipinski definition) is 3. The number of carbonyl (C=O) groups is 3. The van der Waals surface area contributed by atoms with Gasteiger partial charge in [-0.15, -0.1) is 0 Å². The summed E-state index contributed by atoms with van der Waals surface area (Å²) in [5.41, 5.74) is 0. The first-order valence-corrected chi connectivity index (χ1v) is 5.28. The van der Waals surface area contributed by atoms with Gasteiger partial charge < -0.3 is 4.90 Å². The van der Waals surface area contributed by atoms with Gasteiger partial charge in [0.25, 0.3) is 5.91 Å². The van der Waals surface area contributed by atoms with E-state index in [1.165, 1.54) is 18.7 Å². The number of ketones is 2. The molecule has 1 heterocycles. The lowest BCUT2D eigenvalue weighted by Crippen LogP contribution is -2.53. The third-order valence-corrected chi connectivity index (χ3v) is 2.92. The summed E-state index contributed by atoms with van der Waals surface area (Å²) in [6.45, 7) is 4.61. The van der Waals surface area contributed by atoms with Crippen LogP contribution in [0.1, 0.15) is 40.0 Å². The molecule has 2 unspecified atom stereocenters. The van der Waals surface area contributed by atoms with Crippen LogP contribution < -0.4 is 0 Å².